The molecule has 2 aromatic heterocycles. The maximum absolute atomic E-state index is 4.46. The van der Waals surface area contributed by atoms with Crippen molar-refractivity contribution < 1.29 is 0 Å². The van der Waals surface area contributed by atoms with E-state index < -0.39 is 0 Å². The molecule has 1 saturated heterocycles. The van der Waals surface area contributed by atoms with E-state index in [0.29, 0.717) is 0 Å². The van der Waals surface area contributed by atoms with Crippen molar-refractivity contribution in [3.63, 3.8) is 0 Å². The van der Waals surface area contributed by atoms with Gasteiger partial charge in [-0.05, 0) is 41.0 Å². The van der Waals surface area contributed by atoms with Gasteiger partial charge in [-0.2, -0.15) is 0 Å². The Kier molecular flexibility index (Phi) is 2.21. The fraction of sp³-hybridized carbons (Fsp3) is 0.400. The standard InChI is InChI=1S/C10H11BrN4/c11-7-2-8-10(13-5-7)15-9(14-8)1-6-3-12-4-6/h2,5-6,12H,1,3-4H2,(H,13,14,15). The van der Waals surface area contributed by atoms with Crippen LogP contribution >= 0.6 is 15.9 Å². The first-order chi connectivity index (χ1) is 7.31. The molecule has 1 fully saturated rings. The molecule has 0 unspecified atom stereocenters. The zero-order valence-corrected chi connectivity index (χ0v) is 9.71. The van der Waals surface area contributed by atoms with Crippen LogP contribution in [-0.2, 0) is 6.42 Å². The predicted octanol–water partition coefficient (Wildman–Crippen LogP) is 1.48. The normalized spacial score (nSPS) is 16.9. The summed E-state index contributed by atoms with van der Waals surface area (Å²) in [5.41, 5.74) is 1.81. The van der Waals surface area contributed by atoms with E-state index in [1.54, 1.807) is 6.20 Å². The maximum atomic E-state index is 4.46. The molecule has 1 aliphatic rings. The van der Waals surface area contributed by atoms with Gasteiger partial charge < -0.3 is 10.3 Å². The van der Waals surface area contributed by atoms with Gasteiger partial charge in [-0.15, -0.1) is 0 Å². The Morgan fingerprint density at radius 3 is 3.07 bits per heavy atom. The molecule has 0 spiro atoms. The second-order valence-electron chi connectivity index (χ2n) is 3.94. The van der Waals surface area contributed by atoms with E-state index in [4.69, 9.17) is 0 Å². The van der Waals surface area contributed by atoms with Crippen LogP contribution in [0.3, 0.4) is 0 Å². The first-order valence-electron chi connectivity index (χ1n) is 5.02. The molecule has 0 saturated carbocycles. The van der Waals surface area contributed by atoms with E-state index in [1.165, 1.54) is 0 Å². The van der Waals surface area contributed by atoms with E-state index in [2.05, 4.69) is 36.2 Å². The minimum Gasteiger partial charge on any atom is -0.341 e. The molecule has 1 aliphatic heterocycles. The van der Waals surface area contributed by atoms with E-state index in [0.717, 1.165) is 46.9 Å². The smallest absolute Gasteiger partial charge is 0.177 e. The number of rotatable bonds is 2. The topological polar surface area (TPSA) is 53.6 Å². The molecule has 0 atom stereocenters. The first-order valence-corrected chi connectivity index (χ1v) is 5.81. The lowest BCUT2D eigenvalue weighted by Crippen LogP contribution is -2.43. The third-order valence-electron chi connectivity index (χ3n) is 2.70. The van der Waals surface area contributed by atoms with Crippen molar-refractivity contribution in [1.82, 2.24) is 20.3 Å². The summed E-state index contributed by atoms with van der Waals surface area (Å²) in [6.45, 7) is 2.21. The van der Waals surface area contributed by atoms with Gasteiger partial charge in [0, 0.05) is 17.1 Å². The van der Waals surface area contributed by atoms with Crippen LogP contribution in [0.25, 0.3) is 11.2 Å². The van der Waals surface area contributed by atoms with Crippen molar-refractivity contribution in [2.75, 3.05) is 13.1 Å². The minimum atomic E-state index is 0.731. The lowest BCUT2D eigenvalue weighted by atomic mass is 9.99. The molecule has 2 N–H and O–H groups in total. The molecule has 2 aromatic rings. The van der Waals surface area contributed by atoms with Crippen LogP contribution in [0.5, 0.6) is 0 Å². The molecule has 78 valence electrons. The number of nitrogens with one attached hydrogen (secondary N) is 2. The van der Waals surface area contributed by atoms with Gasteiger partial charge in [0.2, 0.25) is 0 Å². The number of hydrogen-bond acceptors (Lipinski definition) is 3. The van der Waals surface area contributed by atoms with Crippen LogP contribution < -0.4 is 5.32 Å². The summed E-state index contributed by atoms with van der Waals surface area (Å²) in [4.78, 5) is 12.0. The van der Waals surface area contributed by atoms with Crippen LogP contribution in [0.1, 0.15) is 5.82 Å². The minimum absolute atomic E-state index is 0.731. The van der Waals surface area contributed by atoms with E-state index in [-0.39, 0.29) is 0 Å². The molecular formula is C10H11BrN4. The molecule has 0 radical (unpaired) electrons. The SMILES string of the molecule is Brc1cnc2nc(CC3CNC3)[nH]c2c1. The Bertz CT molecular complexity index is 489. The summed E-state index contributed by atoms with van der Waals surface area (Å²) in [6.07, 6.45) is 2.79. The zero-order valence-electron chi connectivity index (χ0n) is 8.13. The number of nitrogens with zero attached hydrogens (tertiary/aromatic N) is 2. The van der Waals surface area contributed by atoms with Crippen molar-refractivity contribution in [3.05, 3.63) is 22.6 Å². The molecule has 15 heavy (non-hydrogen) atoms. The summed E-state index contributed by atoms with van der Waals surface area (Å²) in [5, 5.41) is 3.26. The highest BCUT2D eigenvalue weighted by Crippen LogP contribution is 2.17. The number of imidazole rings is 1. The molecule has 3 heterocycles. The van der Waals surface area contributed by atoms with Crippen molar-refractivity contribution in [1.29, 1.82) is 0 Å². The highest BCUT2D eigenvalue weighted by atomic mass is 79.9. The van der Waals surface area contributed by atoms with Crippen molar-refractivity contribution in [2.45, 2.75) is 6.42 Å². The van der Waals surface area contributed by atoms with Crippen LogP contribution in [0.2, 0.25) is 0 Å². The fourth-order valence-corrected chi connectivity index (χ4v) is 2.12. The lowest BCUT2D eigenvalue weighted by Gasteiger charge is -2.25. The van der Waals surface area contributed by atoms with Gasteiger partial charge in [0.1, 0.15) is 5.82 Å². The third-order valence-corrected chi connectivity index (χ3v) is 3.13. The van der Waals surface area contributed by atoms with Gasteiger partial charge in [-0.3, -0.25) is 0 Å². The average Bonchev–Trinajstić information content (AvgIpc) is 2.53. The van der Waals surface area contributed by atoms with E-state index in [1.807, 2.05) is 6.07 Å². The second-order valence-corrected chi connectivity index (χ2v) is 4.85. The predicted molar refractivity (Wildman–Crippen MR) is 61.7 cm³/mol. The van der Waals surface area contributed by atoms with Crippen molar-refractivity contribution in [3.8, 4) is 0 Å². The van der Waals surface area contributed by atoms with Gasteiger partial charge in [-0.25, -0.2) is 9.97 Å². The van der Waals surface area contributed by atoms with Crippen molar-refractivity contribution >= 4 is 27.1 Å². The Hall–Kier alpha value is -0.940. The molecule has 3 rings (SSSR count). The molecule has 0 aromatic carbocycles. The fourth-order valence-electron chi connectivity index (χ4n) is 1.79. The van der Waals surface area contributed by atoms with Gasteiger partial charge in [0.15, 0.2) is 5.65 Å². The number of hydrogen-bond donors (Lipinski definition) is 2. The monoisotopic (exact) mass is 266 g/mol. The molecule has 0 amide bonds. The van der Waals surface area contributed by atoms with Crippen LogP contribution in [0.4, 0.5) is 0 Å². The molecular weight excluding hydrogens is 256 g/mol. The summed E-state index contributed by atoms with van der Waals surface area (Å²) in [7, 11) is 0. The number of pyridine rings is 1. The molecule has 4 nitrogen and oxygen atoms in total. The van der Waals surface area contributed by atoms with Crippen LogP contribution in [0, 0.1) is 5.92 Å². The van der Waals surface area contributed by atoms with E-state index >= 15 is 0 Å². The largest absolute Gasteiger partial charge is 0.341 e. The summed E-state index contributed by atoms with van der Waals surface area (Å²) in [5.74, 6) is 1.77. The number of aromatic amines is 1. The van der Waals surface area contributed by atoms with Gasteiger partial charge in [0.05, 0.1) is 5.52 Å². The molecule has 0 aliphatic carbocycles. The quantitative estimate of drug-likeness (QED) is 0.866. The summed E-state index contributed by atoms with van der Waals surface area (Å²) >= 11 is 3.40. The van der Waals surface area contributed by atoms with Crippen molar-refractivity contribution in [2.24, 2.45) is 5.92 Å². The summed E-state index contributed by atoms with van der Waals surface area (Å²) in [6, 6.07) is 2.01. The molecule has 0 bridgehead atoms. The highest BCUT2D eigenvalue weighted by Gasteiger charge is 2.18. The van der Waals surface area contributed by atoms with Gasteiger partial charge in [0.25, 0.3) is 0 Å². The number of aromatic nitrogens is 3. The van der Waals surface area contributed by atoms with Gasteiger partial charge in [-0.1, -0.05) is 0 Å². The Labute approximate surface area is 95.6 Å². The highest BCUT2D eigenvalue weighted by molar-refractivity contribution is 9.10. The number of fused-ring (bicyclic) bond motifs is 1. The Morgan fingerprint density at radius 2 is 2.33 bits per heavy atom. The Morgan fingerprint density at radius 1 is 1.47 bits per heavy atom. The summed E-state index contributed by atoms with van der Waals surface area (Å²) < 4.78 is 0.982. The number of H-pyrrole nitrogens is 1. The van der Waals surface area contributed by atoms with Gasteiger partial charge >= 0.3 is 0 Å². The van der Waals surface area contributed by atoms with E-state index in [9.17, 15) is 0 Å². The lowest BCUT2D eigenvalue weighted by molar-refractivity contribution is 0.342. The Balaban J connectivity index is 1.91. The third kappa shape index (κ3) is 1.77. The first kappa shape index (κ1) is 9.30. The van der Waals surface area contributed by atoms with Crippen LogP contribution in [0.15, 0.2) is 16.7 Å². The second kappa shape index (κ2) is 3.57. The zero-order chi connectivity index (χ0) is 10.3. The average molecular weight is 267 g/mol. The maximum Gasteiger partial charge on any atom is 0.177 e. The molecule has 5 heteroatoms. The number of halogens is 1. The van der Waals surface area contributed by atoms with Crippen LogP contribution in [-0.4, -0.2) is 28.0 Å².